The van der Waals surface area contributed by atoms with Gasteiger partial charge in [-0.3, -0.25) is 14.9 Å². The first-order valence-electron chi connectivity index (χ1n) is 8.72. The van der Waals surface area contributed by atoms with Gasteiger partial charge in [0.2, 0.25) is 0 Å². The molecule has 0 aliphatic rings. The molecule has 0 fully saturated rings. The molecule has 3 rings (SSSR count). The molecule has 0 aliphatic carbocycles. The van der Waals surface area contributed by atoms with Gasteiger partial charge in [-0.05, 0) is 24.6 Å². The average Bonchev–Trinajstić information content (AvgIpc) is 3.12. The number of carbonyl (C=O) groups excluding carboxylic acids is 1. The number of nitrogens with one attached hydrogen (secondary N) is 1. The first-order valence-corrected chi connectivity index (χ1v) is 8.72. The van der Waals surface area contributed by atoms with Crippen LogP contribution in [0.3, 0.4) is 0 Å². The summed E-state index contributed by atoms with van der Waals surface area (Å²) in [6, 6.07) is 13.3. The predicted octanol–water partition coefficient (Wildman–Crippen LogP) is 2.58. The third-order valence-electron chi connectivity index (χ3n) is 4.02. The topological polar surface area (TPSA) is 112 Å². The zero-order valence-corrected chi connectivity index (χ0v) is 15.9. The SMILES string of the molecule is Cc1cccc(OCC(=O)NN=C(c2cccc([N+](=O)[O-])c2)c2nccn2C)c1. The van der Waals surface area contributed by atoms with Crippen LogP contribution in [0.4, 0.5) is 5.69 Å². The van der Waals surface area contributed by atoms with E-state index in [1.54, 1.807) is 42.2 Å². The molecule has 9 nitrogen and oxygen atoms in total. The number of amides is 1. The van der Waals surface area contributed by atoms with Gasteiger partial charge in [-0.2, -0.15) is 5.10 Å². The van der Waals surface area contributed by atoms with Gasteiger partial charge >= 0.3 is 0 Å². The first kappa shape index (κ1) is 19.7. The number of nitro groups is 1. The van der Waals surface area contributed by atoms with E-state index in [1.807, 2.05) is 25.1 Å². The molecule has 0 bridgehead atoms. The largest absolute Gasteiger partial charge is 0.484 e. The summed E-state index contributed by atoms with van der Waals surface area (Å²) < 4.78 is 7.16. The Kier molecular flexibility index (Phi) is 5.98. The van der Waals surface area contributed by atoms with Crippen LogP contribution >= 0.6 is 0 Å². The quantitative estimate of drug-likeness (QED) is 0.377. The van der Waals surface area contributed by atoms with Gasteiger partial charge in [-0.15, -0.1) is 0 Å². The highest BCUT2D eigenvalue weighted by Crippen LogP contribution is 2.16. The number of benzene rings is 2. The number of hydrogen-bond donors (Lipinski definition) is 1. The first-order chi connectivity index (χ1) is 13.9. The molecule has 1 amide bonds. The molecular weight excluding hydrogens is 374 g/mol. The zero-order chi connectivity index (χ0) is 20.8. The number of carbonyl (C=O) groups is 1. The summed E-state index contributed by atoms with van der Waals surface area (Å²) in [5.41, 5.74) is 4.11. The van der Waals surface area contributed by atoms with Crippen LogP contribution in [0.2, 0.25) is 0 Å². The van der Waals surface area contributed by atoms with Crippen molar-refractivity contribution in [3.8, 4) is 5.75 Å². The predicted molar refractivity (Wildman–Crippen MR) is 107 cm³/mol. The van der Waals surface area contributed by atoms with Gasteiger partial charge in [-0.1, -0.05) is 24.3 Å². The van der Waals surface area contributed by atoms with Gasteiger partial charge < -0.3 is 9.30 Å². The Morgan fingerprint density at radius 2 is 2.07 bits per heavy atom. The normalized spacial score (nSPS) is 11.2. The Hall–Kier alpha value is -4.01. The average molecular weight is 393 g/mol. The second-order valence-electron chi connectivity index (χ2n) is 6.27. The highest BCUT2D eigenvalue weighted by molar-refractivity contribution is 6.11. The zero-order valence-electron chi connectivity index (χ0n) is 15.9. The molecule has 29 heavy (non-hydrogen) atoms. The van der Waals surface area contributed by atoms with E-state index >= 15 is 0 Å². The minimum absolute atomic E-state index is 0.0847. The van der Waals surface area contributed by atoms with Crippen LogP contribution < -0.4 is 10.2 Å². The molecule has 3 aromatic rings. The van der Waals surface area contributed by atoms with E-state index in [4.69, 9.17) is 4.74 Å². The lowest BCUT2D eigenvalue weighted by Crippen LogP contribution is -2.27. The molecule has 148 valence electrons. The Labute approximate surface area is 166 Å². The Bertz CT molecular complexity index is 1070. The summed E-state index contributed by atoms with van der Waals surface area (Å²) in [6.07, 6.45) is 3.29. The number of hydrazone groups is 1. The standard InChI is InChI=1S/C20H19N5O4/c1-14-5-3-8-17(11-14)29-13-18(26)22-23-19(20-21-9-10-24(20)2)15-6-4-7-16(12-15)25(27)28/h3-12H,13H2,1-2H3,(H,22,26). The van der Waals surface area contributed by atoms with Crippen molar-refractivity contribution < 1.29 is 14.5 Å². The van der Waals surface area contributed by atoms with Crippen molar-refractivity contribution in [2.45, 2.75) is 6.92 Å². The van der Waals surface area contributed by atoms with E-state index in [9.17, 15) is 14.9 Å². The number of rotatable bonds is 7. The van der Waals surface area contributed by atoms with Gasteiger partial charge in [0.25, 0.3) is 11.6 Å². The van der Waals surface area contributed by atoms with Crippen LogP contribution in [0.15, 0.2) is 66.0 Å². The maximum absolute atomic E-state index is 12.2. The van der Waals surface area contributed by atoms with Crippen LogP contribution in [0.25, 0.3) is 0 Å². The highest BCUT2D eigenvalue weighted by atomic mass is 16.6. The van der Waals surface area contributed by atoms with Crippen molar-refractivity contribution in [2.24, 2.45) is 12.1 Å². The molecule has 2 aromatic carbocycles. The molecule has 1 aromatic heterocycles. The number of hydrogen-bond acceptors (Lipinski definition) is 6. The number of aromatic nitrogens is 2. The maximum atomic E-state index is 12.2. The summed E-state index contributed by atoms with van der Waals surface area (Å²) in [7, 11) is 1.76. The van der Waals surface area contributed by atoms with Crippen molar-refractivity contribution >= 4 is 17.3 Å². The van der Waals surface area contributed by atoms with Crippen molar-refractivity contribution in [1.29, 1.82) is 0 Å². The van der Waals surface area contributed by atoms with Gasteiger partial charge in [0.05, 0.1) is 4.92 Å². The fourth-order valence-corrected chi connectivity index (χ4v) is 2.61. The van der Waals surface area contributed by atoms with Gasteiger partial charge in [0.15, 0.2) is 12.4 Å². The molecule has 0 atom stereocenters. The Balaban J connectivity index is 1.80. The minimum atomic E-state index is -0.492. The van der Waals surface area contributed by atoms with Gasteiger partial charge in [-0.25, -0.2) is 10.4 Å². The Morgan fingerprint density at radius 1 is 1.28 bits per heavy atom. The van der Waals surface area contributed by atoms with E-state index in [0.29, 0.717) is 22.8 Å². The third-order valence-corrected chi connectivity index (χ3v) is 4.02. The fourth-order valence-electron chi connectivity index (χ4n) is 2.61. The van der Waals surface area contributed by atoms with Crippen LogP contribution in [0.1, 0.15) is 17.0 Å². The molecule has 9 heteroatoms. The second kappa shape index (κ2) is 8.79. The number of non-ortho nitro benzene ring substituents is 1. The summed E-state index contributed by atoms with van der Waals surface area (Å²) in [4.78, 5) is 27.0. The van der Waals surface area contributed by atoms with E-state index in [1.165, 1.54) is 12.1 Å². The molecule has 0 saturated heterocycles. The van der Waals surface area contributed by atoms with Crippen molar-refractivity contribution in [3.63, 3.8) is 0 Å². The second-order valence-corrected chi connectivity index (χ2v) is 6.27. The van der Waals surface area contributed by atoms with Crippen LogP contribution in [-0.2, 0) is 11.8 Å². The van der Waals surface area contributed by atoms with Crippen molar-refractivity contribution in [1.82, 2.24) is 15.0 Å². The third kappa shape index (κ3) is 5.04. The summed E-state index contributed by atoms with van der Waals surface area (Å²) >= 11 is 0. The van der Waals surface area contributed by atoms with E-state index in [0.717, 1.165) is 5.56 Å². The van der Waals surface area contributed by atoms with Crippen molar-refractivity contribution in [3.05, 3.63) is 88.0 Å². The molecular formula is C20H19N5O4. The smallest absolute Gasteiger partial charge is 0.277 e. The lowest BCUT2D eigenvalue weighted by molar-refractivity contribution is -0.384. The summed E-state index contributed by atoms with van der Waals surface area (Å²) in [6.45, 7) is 1.70. The maximum Gasteiger partial charge on any atom is 0.277 e. The van der Waals surface area contributed by atoms with E-state index in [-0.39, 0.29) is 12.3 Å². The molecule has 1 N–H and O–H groups in total. The number of ether oxygens (including phenoxy) is 1. The molecule has 0 radical (unpaired) electrons. The Morgan fingerprint density at radius 3 is 2.76 bits per heavy atom. The molecule has 0 aliphatic heterocycles. The van der Waals surface area contributed by atoms with Gasteiger partial charge in [0, 0.05) is 37.1 Å². The van der Waals surface area contributed by atoms with Crippen LogP contribution in [-0.4, -0.2) is 32.7 Å². The van der Waals surface area contributed by atoms with Gasteiger partial charge in [0.1, 0.15) is 11.5 Å². The molecule has 1 heterocycles. The van der Waals surface area contributed by atoms with E-state index < -0.39 is 10.8 Å². The van der Waals surface area contributed by atoms with Crippen molar-refractivity contribution in [2.75, 3.05) is 6.61 Å². The van der Waals surface area contributed by atoms with E-state index in [2.05, 4.69) is 15.5 Å². The lowest BCUT2D eigenvalue weighted by atomic mass is 10.1. The lowest BCUT2D eigenvalue weighted by Gasteiger charge is -2.09. The monoisotopic (exact) mass is 393 g/mol. The molecule has 0 saturated carbocycles. The number of imidazole rings is 1. The number of aryl methyl sites for hydroxylation is 2. The minimum Gasteiger partial charge on any atom is -0.484 e. The van der Waals surface area contributed by atoms with Crippen LogP contribution in [0.5, 0.6) is 5.75 Å². The summed E-state index contributed by atoms with van der Waals surface area (Å²) in [5, 5.41) is 15.3. The fraction of sp³-hybridized carbons (Fsp3) is 0.150. The number of nitrogens with zero attached hydrogens (tertiary/aromatic N) is 4. The summed E-state index contributed by atoms with van der Waals surface area (Å²) in [5.74, 6) is 0.557. The van der Waals surface area contributed by atoms with Crippen LogP contribution in [0, 0.1) is 17.0 Å². The molecule has 0 spiro atoms. The molecule has 0 unspecified atom stereocenters. The highest BCUT2D eigenvalue weighted by Gasteiger charge is 2.16. The number of nitro benzene ring substituents is 1.